The van der Waals surface area contributed by atoms with Gasteiger partial charge in [0.05, 0.1) is 18.5 Å². The second kappa shape index (κ2) is 5.32. The molecule has 2 rings (SSSR count). The van der Waals surface area contributed by atoms with Crippen LogP contribution in [0.1, 0.15) is 40.0 Å². The summed E-state index contributed by atoms with van der Waals surface area (Å²) < 4.78 is 5.27. The van der Waals surface area contributed by atoms with Crippen LogP contribution >= 0.6 is 0 Å². The molecule has 1 saturated carbocycles. The van der Waals surface area contributed by atoms with E-state index in [4.69, 9.17) is 10.5 Å². The highest BCUT2D eigenvalue weighted by Gasteiger charge is 2.32. The molecule has 0 radical (unpaired) electrons. The van der Waals surface area contributed by atoms with Gasteiger partial charge in [-0.15, -0.1) is 0 Å². The van der Waals surface area contributed by atoms with Gasteiger partial charge in [0.1, 0.15) is 5.75 Å². The van der Waals surface area contributed by atoms with Crippen LogP contribution in [0.15, 0.2) is 18.2 Å². The minimum absolute atomic E-state index is 0.406. The number of hydrogen-bond donors (Lipinski definition) is 2. The normalized spacial score (nSPS) is 25.9. The van der Waals surface area contributed by atoms with Gasteiger partial charge in [0.2, 0.25) is 0 Å². The molecule has 2 atom stereocenters. The molecule has 1 aromatic rings. The molecule has 1 aliphatic rings. The summed E-state index contributed by atoms with van der Waals surface area (Å²) in [6.07, 6.45) is 3.70. The Hall–Kier alpha value is -1.38. The highest BCUT2D eigenvalue weighted by molar-refractivity contribution is 5.68. The third-order valence-corrected chi connectivity index (χ3v) is 4.01. The van der Waals surface area contributed by atoms with Gasteiger partial charge in [-0.2, -0.15) is 0 Å². The largest absolute Gasteiger partial charge is 0.497 e. The van der Waals surface area contributed by atoms with Crippen molar-refractivity contribution in [3.8, 4) is 5.75 Å². The van der Waals surface area contributed by atoms with Gasteiger partial charge in [0, 0.05) is 12.1 Å². The van der Waals surface area contributed by atoms with Gasteiger partial charge in [0.15, 0.2) is 0 Å². The van der Waals surface area contributed by atoms with Crippen LogP contribution in [0.4, 0.5) is 11.4 Å². The Balaban J connectivity index is 2.12. The van der Waals surface area contributed by atoms with Crippen LogP contribution < -0.4 is 15.8 Å². The van der Waals surface area contributed by atoms with E-state index in [9.17, 15) is 0 Å². The van der Waals surface area contributed by atoms with Crippen LogP contribution in [0.2, 0.25) is 0 Å². The molecular weight excluding hydrogens is 236 g/mol. The molecule has 3 heteroatoms. The third-order valence-electron chi connectivity index (χ3n) is 4.01. The van der Waals surface area contributed by atoms with Crippen LogP contribution in [0.25, 0.3) is 0 Å². The van der Waals surface area contributed by atoms with Gasteiger partial charge >= 0.3 is 0 Å². The zero-order valence-corrected chi connectivity index (χ0v) is 12.5. The van der Waals surface area contributed by atoms with Crippen molar-refractivity contribution < 1.29 is 4.74 Å². The van der Waals surface area contributed by atoms with E-state index in [2.05, 4.69) is 26.1 Å². The number of rotatable bonds is 3. The first kappa shape index (κ1) is 14.0. The van der Waals surface area contributed by atoms with Gasteiger partial charge in [-0.05, 0) is 42.7 Å². The van der Waals surface area contributed by atoms with Crippen LogP contribution in [0, 0.1) is 11.3 Å². The van der Waals surface area contributed by atoms with E-state index in [0.29, 0.717) is 11.5 Å². The smallest absolute Gasteiger partial charge is 0.121 e. The van der Waals surface area contributed by atoms with Gasteiger partial charge < -0.3 is 15.8 Å². The molecule has 0 amide bonds. The number of anilines is 2. The Kier molecular flexibility index (Phi) is 3.93. The molecule has 1 aliphatic carbocycles. The average Bonchev–Trinajstić information content (AvgIpc) is 2.29. The fourth-order valence-corrected chi connectivity index (χ4v) is 3.46. The lowest BCUT2D eigenvalue weighted by Crippen LogP contribution is -2.35. The summed E-state index contributed by atoms with van der Waals surface area (Å²) in [6.45, 7) is 7.04. The Morgan fingerprint density at radius 3 is 2.68 bits per heavy atom. The van der Waals surface area contributed by atoms with Crippen molar-refractivity contribution in [2.75, 3.05) is 18.2 Å². The molecule has 3 N–H and O–H groups in total. The maximum atomic E-state index is 6.05. The molecule has 0 bridgehead atoms. The molecule has 0 aromatic heterocycles. The second-order valence-corrected chi connectivity index (χ2v) is 6.71. The molecule has 0 spiro atoms. The summed E-state index contributed by atoms with van der Waals surface area (Å²) in [4.78, 5) is 0. The Morgan fingerprint density at radius 1 is 1.32 bits per heavy atom. The molecule has 0 unspecified atom stereocenters. The Labute approximate surface area is 116 Å². The van der Waals surface area contributed by atoms with Crippen molar-refractivity contribution in [1.29, 1.82) is 0 Å². The first-order valence-corrected chi connectivity index (χ1v) is 7.10. The number of nitrogens with two attached hydrogens (primary N) is 1. The molecule has 19 heavy (non-hydrogen) atoms. The lowest BCUT2D eigenvalue weighted by molar-refractivity contribution is 0.178. The van der Waals surface area contributed by atoms with E-state index in [1.165, 1.54) is 19.3 Å². The summed E-state index contributed by atoms with van der Waals surface area (Å²) in [7, 11) is 1.68. The van der Waals surface area contributed by atoms with Gasteiger partial charge in [-0.3, -0.25) is 0 Å². The molecule has 1 fully saturated rings. The van der Waals surface area contributed by atoms with E-state index in [0.717, 1.165) is 23.0 Å². The molecule has 106 valence electrons. The minimum Gasteiger partial charge on any atom is -0.497 e. The van der Waals surface area contributed by atoms with E-state index in [1.54, 1.807) is 7.11 Å². The third kappa shape index (κ3) is 3.55. The first-order valence-electron chi connectivity index (χ1n) is 7.10. The van der Waals surface area contributed by atoms with Crippen LogP contribution in [-0.4, -0.2) is 13.2 Å². The second-order valence-electron chi connectivity index (χ2n) is 6.71. The predicted molar refractivity (Wildman–Crippen MR) is 81.6 cm³/mol. The zero-order chi connectivity index (χ0) is 14.0. The average molecular weight is 262 g/mol. The lowest BCUT2D eigenvalue weighted by atomic mass is 9.70. The molecular formula is C16H26N2O. The van der Waals surface area contributed by atoms with Gasteiger partial charge in [-0.1, -0.05) is 20.8 Å². The first-order chi connectivity index (χ1) is 8.89. The monoisotopic (exact) mass is 262 g/mol. The number of hydrogen-bond acceptors (Lipinski definition) is 3. The summed E-state index contributed by atoms with van der Waals surface area (Å²) in [5, 5.41) is 3.60. The van der Waals surface area contributed by atoms with Crippen LogP contribution in [-0.2, 0) is 0 Å². The maximum absolute atomic E-state index is 6.05. The van der Waals surface area contributed by atoms with E-state index >= 15 is 0 Å². The van der Waals surface area contributed by atoms with E-state index in [-0.39, 0.29) is 0 Å². The maximum Gasteiger partial charge on any atom is 0.121 e. The summed E-state index contributed by atoms with van der Waals surface area (Å²) in [6, 6.07) is 6.28. The van der Waals surface area contributed by atoms with E-state index in [1.807, 2.05) is 18.2 Å². The number of nitrogen functional groups attached to an aromatic ring is 1. The van der Waals surface area contributed by atoms with Gasteiger partial charge in [-0.25, -0.2) is 0 Å². The quantitative estimate of drug-likeness (QED) is 0.812. The van der Waals surface area contributed by atoms with Crippen molar-refractivity contribution in [3.63, 3.8) is 0 Å². The standard InChI is InChI=1S/C16H26N2O/c1-11-7-12(10-16(2,3)9-11)18-15-8-13(19-4)5-6-14(15)17/h5-6,8,11-12,18H,7,9-10,17H2,1-4H3/t11-,12+/m1/s1. The molecule has 0 saturated heterocycles. The van der Waals surface area contributed by atoms with Crippen molar-refractivity contribution >= 4 is 11.4 Å². The molecule has 0 aliphatic heterocycles. The highest BCUT2D eigenvalue weighted by Crippen LogP contribution is 2.40. The van der Waals surface area contributed by atoms with Crippen LogP contribution in [0.3, 0.4) is 0 Å². The fourth-order valence-electron chi connectivity index (χ4n) is 3.46. The number of ether oxygens (including phenoxy) is 1. The summed E-state index contributed by atoms with van der Waals surface area (Å²) in [5.41, 5.74) is 8.23. The molecule has 1 aromatic carbocycles. The van der Waals surface area contributed by atoms with Gasteiger partial charge in [0.25, 0.3) is 0 Å². The highest BCUT2D eigenvalue weighted by atomic mass is 16.5. The minimum atomic E-state index is 0.406. The lowest BCUT2D eigenvalue weighted by Gasteiger charge is -2.39. The number of benzene rings is 1. The topological polar surface area (TPSA) is 47.3 Å². The van der Waals surface area contributed by atoms with E-state index < -0.39 is 0 Å². The number of nitrogens with one attached hydrogen (secondary N) is 1. The van der Waals surface area contributed by atoms with Crippen molar-refractivity contribution in [2.24, 2.45) is 11.3 Å². The summed E-state index contributed by atoms with van der Waals surface area (Å²) in [5.74, 6) is 1.60. The zero-order valence-electron chi connectivity index (χ0n) is 12.5. The Bertz CT molecular complexity index is 442. The SMILES string of the molecule is COc1ccc(N)c(N[C@H]2C[C@@H](C)CC(C)(C)C2)c1. The van der Waals surface area contributed by atoms with Crippen molar-refractivity contribution in [2.45, 2.75) is 46.1 Å². The van der Waals surface area contributed by atoms with Crippen molar-refractivity contribution in [1.82, 2.24) is 0 Å². The molecule has 3 nitrogen and oxygen atoms in total. The fraction of sp³-hybridized carbons (Fsp3) is 0.625. The predicted octanol–water partition coefficient (Wildman–Crippen LogP) is 3.90. The number of methoxy groups -OCH3 is 1. The Morgan fingerprint density at radius 2 is 2.05 bits per heavy atom. The van der Waals surface area contributed by atoms with Crippen LogP contribution in [0.5, 0.6) is 5.75 Å². The summed E-state index contributed by atoms with van der Waals surface area (Å²) >= 11 is 0. The van der Waals surface area contributed by atoms with Crippen molar-refractivity contribution in [3.05, 3.63) is 18.2 Å². The molecule has 0 heterocycles.